The van der Waals surface area contributed by atoms with Crippen LogP contribution in [0.1, 0.15) is 51.4 Å². The molecule has 0 unspecified atom stereocenters. The molecule has 0 aromatic carbocycles. The summed E-state index contributed by atoms with van der Waals surface area (Å²) in [6, 6.07) is 0. The van der Waals surface area contributed by atoms with Crippen molar-refractivity contribution in [3.8, 4) is 0 Å². The van der Waals surface area contributed by atoms with E-state index in [1.165, 1.54) is 44.9 Å². The molecule has 0 amide bonds. The van der Waals surface area contributed by atoms with E-state index in [4.69, 9.17) is 0 Å². The van der Waals surface area contributed by atoms with Crippen molar-refractivity contribution in [2.75, 3.05) is 0 Å². The molecule has 0 heteroatoms. The van der Waals surface area contributed by atoms with Crippen LogP contribution in [0.25, 0.3) is 0 Å². The molecule has 0 aromatic heterocycles. The topological polar surface area (TPSA) is 0 Å². The van der Waals surface area contributed by atoms with E-state index in [9.17, 15) is 0 Å². The predicted molar refractivity (Wildman–Crippen MR) is 59.5 cm³/mol. The predicted octanol–water partition coefficient (Wildman–Crippen LogP) is 4.44. The molecule has 73 valence electrons. The van der Waals surface area contributed by atoms with Crippen molar-refractivity contribution in [2.45, 2.75) is 51.4 Å². The van der Waals surface area contributed by atoms with Crippen molar-refractivity contribution in [3.05, 3.63) is 30.7 Å². The molecular formula is C13H21. The van der Waals surface area contributed by atoms with E-state index in [2.05, 4.69) is 30.7 Å². The third kappa shape index (κ3) is 6.62. The monoisotopic (exact) mass is 177 g/mol. The van der Waals surface area contributed by atoms with Gasteiger partial charge in [0.15, 0.2) is 0 Å². The molecule has 0 nitrogen and oxygen atoms in total. The van der Waals surface area contributed by atoms with Gasteiger partial charge in [-0.2, -0.15) is 0 Å². The van der Waals surface area contributed by atoms with Crippen molar-refractivity contribution in [2.24, 2.45) is 0 Å². The highest BCUT2D eigenvalue weighted by atomic mass is 14.0. The molecule has 0 bridgehead atoms. The number of hydrogen-bond donors (Lipinski definition) is 0. The standard InChI is InChI=1S/C13H21/c1-2-4-6-8-10-12-13-11-9-7-5-3-1/h1-4,7H,5-6,8-13H2. The minimum absolute atomic E-state index is 1.14. The second-order valence-corrected chi connectivity index (χ2v) is 3.73. The van der Waals surface area contributed by atoms with Crippen molar-refractivity contribution < 1.29 is 0 Å². The summed E-state index contributed by atoms with van der Waals surface area (Å²) in [6.45, 7) is 0. The molecule has 1 aliphatic carbocycles. The first-order chi connectivity index (χ1) is 6.50. The Hall–Kier alpha value is -0.520. The van der Waals surface area contributed by atoms with Gasteiger partial charge in [0.25, 0.3) is 0 Å². The second kappa shape index (κ2) is 8.10. The first kappa shape index (κ1) is 10.6. The van der Waals surface area contributed by atoms with E-state index < -0.39 is 0 Å². The van der Waals surface area contributed by atoms with Crippen molar-refractivity contribution in [3.63, 3.8) is 0 Å². The summed E-state index contributed by atoms with van der Waals surface area (Å²) in [6.07, 6.45) is 22.0. The van der Waals surface area contributed by atoms with Crippen LogP contribution in [0.2, 0.25) is 0 Å². The molecule has 0 aliphatic heterocycles. The lowest BCUT2D eigenvalue weighted by Crippen LogP contribution is -1.80. The van der Waals surface area contributed by atoms with Gasteiger partial charge in [0.2, 0.25) is 0 Å². The summed E-state index contributed by atoms with van der Waals surface area (Å²) in [5.41, 5.74) is 0. The summed E-state index contributed by atoms with van der Waals surface area (Å²) in [7, 11) is 0. The fourth-order valence-corrected chi connectivity index (χ4v) is 1.63. The minimum atomic E-state index is 1.14. The van der Waals surface area contributed by atoms with Crippen molar-refractivity contribution >= 4 is 0 Å². The van der Waals surface area contributed by atoms with E-state index in [1.807, 2.05) is 0 Å². The zero-order valence-corrected chi connectivity index (χ0v) is 8.54. The molecule has 0 saturated heterocycles. The Labute approximate surface area is 82.7 Å². The van der Waals surface area contributed by atoms with E-state index >= 15 is 0 Å². The van der Waals surface area contributed by atoms with Gasteiger partial charge in [-0.25, -0.2) is 0 Å². The first-order valence-corrected chi connectivity index (χ1v) is 5.63. The highest BCUT2D eigenvalue weighted by Crippen LogP contribution is 2.10. The van der Waals surface area contributed by atoms with Crippen LogP contribution in [-0.2, 0) is 0 Å². The number of rotatable bonds is 0. The molecule has 13 heavy (non-hydrogen) atoms. The van der Waals surface area contributed by atoms with Crippen molar-refractivity contribution in [1.82, 2.24) is 0 Å². The maximum atomic E-state index is 2.39. The highest BCUT2D eigenvalue weighted by molar-refractivity contribution is 5.03. The minimum Gasteiger partial charge on any atom is -0.0845 e. The maximum Gasteiger partial charge on any atom is -0.0316 e. The largest absolute Gasteiger partial charge is 0.0845 e. The molecule has 1 radical (unpaired) electrons. The Morgan fingerprint density at radius 2 is 1.31 bits per heavy atom. The summed E-state index contributed by atoms with van der Waals surface area (Å²) in [5, 5.41) is 0. The van der Waals surface area contributed by atoms with Gasteiger partial charge in [-0.15, -0.1) is 0 Å². The molecule has 0 aromatic rings. The average molecular weight is 177 g/mol. The van der Waals surface area contributed by atoms with E-state index in [1.54, 1.807) is 0 Å². The molecule has 0 atom stereocenters. The summed E-state index contributed by atoms with van der Waals surface area (Å²) >= 11 is 0. The first-order valence-electron chi connectivity index (χ1n) is 5.63. The number of allylic oxidation sites excluding steroid dienone is 4. The van der Waals surface area contributed by atoms with Gasteiger partial charge >= 0.3 is 0 Å². The normalized spacial score (nSPS) is 21.5. The highest BCUT2D eigenvalue weighted by Gasteiger charge is 1.91. The quantitative estimate of drug-likeness (QED) is 0.513. The Bertz CT molecular complexity index is 135. The van der Waals surface area contributed by atoms with Crippen molar-refractivity contribution in [1.29, 1.82) is 0 Å². The molecule has 1 rings (SSSR count). The molecule has 0 saturated carbocycles. The van der Waals surface area contributed by atoms with E-state index in [-0.39, 0.29) is 0 Å². The smallest absolute Gasteiger partial charge is 0.0316 e. The summed E-state index contributed by atoms with van der Waals surface area (Å²) < 4.78 is 0. The molecule has 0 N–H and O–H groups in total. The number of hydrogen-bond acceptors (Lipinski definition) is 0. The van der Waals surface area contributed by atoms with Crippen LogP contribution in [0.15, 0.2) is 24.3 Å². The Kier molecular flexibility index (Phi) is 6.58. The third-order valence-corrected chi connectivity index (χ3v) is 2.47. The van der Waals surface area contributed by atoms with Gasteiger partial charge in [0.1, 0.15) is 0 Å². The molecule has 1 aliphatic rings. The van der Waals surface area contributed by atoms with Crippen LogP contribution in [0.5, 0.6) is 0 Å². The average Bonchev–Trinajstić information content (AvgIpc) is 2.18. The SMILES string of the molecule is [CH]1CC=CC=CCCCCCCC1. The fourth-order valence-electron chi connectivity index (χ4n) is 1.63. The fraction of sp³-hybridized carbons (Fsp3) is 0.615. The molecular weight excluding hydrogens is 156 g/mol. The molecule has 0 spiro atoms. The van der Waals surface area contributed by atoms with Crippen LogP contribution in [0.4, 0.5) is 0 Å². The van der Waals surface area contributed by atoms with E-state index in [0.29, 0.717) is 0 Å². The lowest BCUT2D eigenvalue weighted by atomic mass is 10.1. The van der Waals surface area contributed by atoms with Gasteiger partial charge in [-0.05, 0) is 32.1 Å². The zero-order valence-electron chi connectivity index (χ0n) is 8.54. The van der Waals surface area contributed by atoms with Gasteiger partial charge in [-0.1, -0.05) is 50.0 Å². The second-order valence-electron chi connectivity index (χ2n) is 3.73. The van der Waals surface area contributed by atoms with Gasteiger partial charge < -0.3 is 0 Å². The third-order valence-electron chi connectivity index (χ3n) is 2.47. The van der Waals surface area contributed by atoms with Crippen LogP contribution >= 0.6 is 0 Å². The van der Waals surface area contributed by atoms with E-state index in [0.717, 1.165) is 6.42 Å². The van der Waals surface area contributed by atoms with Crippen LogP contribution in [0.3, 0.4) is 0 Å². The van der Waals surface area contributed by atoms with Gasteiger partial charge in [0, 0.05) is 0 Å². The van der Waals surface area contributed by atoms with Crippen LogP contribution in [0, 0.1) is 6.42 Å². The van der Waals surface area contributed by atoms with Crippen LogP contribution < -0.4 is 0 Å². The Morgan fingerprint density at radius 3 is 2.23 bits per heavy atom. The summed E-state index contributed by atoms with van der Waals surface area (Å²) in [4.78, 5) is 0. The molecule has 0 heterocycles. The summed E-state index contributed by atoms with van der Waals surface area (Å²) in [5.74, 6) is 0. The maximum absolute atomic E-state index is 2.39. The van der Waals surface area contributed by atoms with Gasteiger partial charge in [-0.3, -0.25) is 0 Å². The lowest BCUT2D eigenvalue weighted by Gasteiger charge is -1.99. The van der Waals surface area contributed by atoms with Gasteiger partial charge in [0.05, 0.1) is 0 Å². The lowest BCUT2D eigenvalue weighted by molar-refractivity contribution is 0.613. The van der Waals surface area contributed by atoms with Crippen LogP contribution in [-0.4, -0.2) is 0 Å². The Balaban J connectivity index is 2.18. The molecule has 0 fully saturated rings. The zero-order chi connectivity index (χ0) is 9.19. The Morgan fingerprint density at radius 1 is 0.615 bits per heavy atom.